The van der Waals surface area contributed by atoms with Crippen LogP contribution in [0.15, 0.2) is 42.5 Å². The van der Waals surface area contributed by atoms with Gasteiger partial charge >= 0.3 is 0 Å². The van der Waals surface area contributed by atoms with Crippen molar-refractivity contribution in [2.24, 2.45) is 0 Å². The molecule has 0 N–H and O–H groups in total. The minimum absolute atomic E-state index is 0.0458. The largest absolute Gasteiger partial charge is 0.336 e. The van der Waals surface area contributed by atoms with Gasteiger partial charge in [-0.2, -0.15) is 0 Å². The number of amides is 2. The number of benzene rings is 2. The average molecular weight is 391 g/mol. The Kier molecular flexibility index (Phi) is 5.44. The Morgan fingerprint density at radius 2 is 1.79 bits per heavy atom. The smallest absolute Gasteiger partial charge is 0.225 e. The highest BCUT2D eigenvalue weighted by atomic mass is 16.2. The van der Waals surface area contributed by atoms with Crippen molar-refractivity contribution in [2.45, 2.75) is 58.5 Å². The molecule has 2 unspecified atom stereocenters. The molecule has 152 valence electrons. The van der Waals surface area contributed by atoms with E-state index in [9.17, 15) is 9.59 Å². The fourth-order valence-corrected chi connectivity index (χ4v) is 4.91. The summed E-state index contributed by atoms with van der Waals surface area (Å²) in [6.45, 7) is 7.34. The molecule has 2 aliphatic heterocycles. The average Bonchev–Trinajstić information content (AvgIpc) is 3.20. The maximum Gasteiger partial charge on any atom is 0.225 e. The number of carbonyl (C=O) groups excluding carboxylic acids is 2. The van der Waals surface area contributed by atoms with Gasteiger partial charge in [-0.15, -0.1) is 0 Å². The van der Waals surface area contributed by atoms with Crippen LogP contribution >= 0.6 is 0 Å². The predicted molar refractivity (Wildman–Crippen MR) is 114 cm³/mol. The van der Waals surface area contributed by atoms with Gasteiger partial charge in [0.05, 0.1) is 18.5 Å². The number of rotatable bonds is 3. The summed E-state index contributed by atoms with van der Waals surface area (Å²) in [5.41, 5.74) is 6.16. The standard InChI is InChI=1S/C25H30N2O2/c1-17-10-11-21(15-18(17)2)23-9-6-13-27(23)25(29)16-24-22-8-5-4-7-20(22)12-14-26(24)19(3)28/h4-5,7-8,10-11,15,23-24H,6,9,12-14,16H2,1-3H3. The maximum absolute atomic E-state index is 13.4. The lowest BCUT2D eigenvalue weighted by Gasteiger charge is -2.38. The second-order valence-corrected chi connectivity index (χ2v) is 8.47. The van der Waals surface area contributed by atoms with Crippen molar-refractivity contribution in [3.8, 4) is 0 Å². The van der Waals surface area contributed by atoms with E-state index < -0.39 is 0 Å². The Hall–Kier alpha value is -2.62. The van der Waals surface area contributed by atoms with Crippen molar-refractivity contribution < 1.29 is 9.59 Å². The van der Waals surface area contributed by atoms with E-state index in [-0.39, 0.29) is 23.9 Å². The monoisotopic (exact) mass is 390 g/mol. The van der Waals surface area contributed by atoms with E-state index in [1.807, 2.05) is 21.9 Å². The molecular weight excluding hydrogens is 360 g/mol. The van der Waals surface area contributed by atoms with Crippen LogP contribution in [0.2, 0.25) is 0 Å². The predicted octanol–water partition coefficient (Wildman–Crippen LogP) is 4.50. The van der Waals surface area contributed by atoms with E-state index in [4.69, 9.17) is 0 Å². The molecule has 1 saturated heterocycles. The van der Waals surface area contributed by atoms with Gasteiger partial charge in [0.1, 0.15) is 0 Å². The van der Waals surface area contributed by atoms with Gasteiger partial charge in [0.2, 0.25) is 11.8 Å². The van der Waals surface area contributed by atoms with Crippen LogP contribution in [0.4, 0.5) is 0 Å². The van der Waals surface area contributed by atoms with E-state index in [0.29, 0.717) is 13.0 Å². The lowest BCUT2D eigenvalue weighted by molar-refractivity contribution is -0.137. The molecule has 0 aliphatic carbocycles. The fraction of sp³-hybridized carbons (Fsp3) is 0.440. The molecule has 2 heterocycles. The normalized spacial score (nSPS) is 21.2. The van der Waals surface area contributed by atoms with Crippen molar-refractivity contribution >= 4 is 11.8 Å². The Balaban J connectivity index is 1.58. The lowest BCUT2D eigenvalue weighted by atomic mass is 9.90. The van der Waals surface area contributed by atoms with Crippen LogP contribution in [-0.2, 0) is 16.0 Å². The Labute approximate surface area is 173 Å². The van der Waals surface area contributed by atoms with Crippen LogP contribution in [-0.4, -0.2) is 34.7 Å². The Bertz CT molecular complexity index is 936. The highest BCUT2D eigenvalue weighted by molar-refractivity contribution is 5.80. The number of hydrogen-bond donors (Lipinski definition) is 0. The number of fused-ring (bicyclic) bond motifs is 1. The van der Waals surface area contributed by atoms with Crippen LogP contribution in [0.1, 0.15) is 66.1 Å². The van der Waals surface area contributed by atoms with Crippen LogP contribution in [0, 0.1) is 13.8 Å². The summed E-state index contributed by atoms with van der Waals surface area (Å²) in [5, 5.41) is 0. The Morgan fingerprint density at radius 3 is 2.55 bits per heavy atom. The second-order valence-electron chi connectivity index (χ2n) is 8.47. The van der Waals surface area contributed by atoms with E-state index in [0.717, 1.165) is 31.4 Å². The number of carbonyl (C=O) groups is 2. The first-order valence-electron chi connectivity index (χ1n) is 10.7. The van der Waals surface area contributed by atoms with Gasteiger partial charge in [-0.1, -0.05) is 42.5 Å². The van der Waals surface area contributed by atoms with Gasteiger partial charge in [-0.05, 0) is 60.9 Å². The third-order valence-corrected chi connectivity index (χ3v) is 6.67. The summed E-state index contributed by atoms with van der Waals surface area (Å²) in [5.74, 6) is 0.197. The minimum atomic E-state index is -0.161. The topological polar surface area (TPSA) is 40.6 Å². The van der Waals surface area contributed by atoms with Gasteiger partial charge in [-0.25, -0.2) is 0 Å². The molecule has 4 heteroatoms. The molecule has 0 saturated carbocycles. The molecule has 0 aromatic heterocycles. The van der Waals surface area contributed by atoms with Crippen LogP contribution in [0.25, 0.3) is 0 Å². The highest BCUT2D eigenvalue weighted by Gasteiger charge is 2.35. The number of likely N-dealkylation sites (tertiary alicyclic amines) is 1. The summed E-state index contributed by atoms with van der Waals surface area (Å²) in [6.07, 6.45) is 3.25. The van der Waals surface area contributed by atoms with Crippen molar-refractivity contribution in [1.29, 1.82) is 0 Å². The molecule has 2 aromatic rings. The molecule has 0 radical (unpaired) electrons. The summed E-state index contributed by atoms with van der Waals surface area (Å²) in [4.78, 5) is 29.6. The maximum atomic E-state index is 13.4. The first kappa shape index (κ1) is 19.7. The van der Waals surface area contributed by atoms with E-state index in [1.54, 1.807) is 6.92 Å². The van der Waals surface area contributed by atoms with Gasteiger partial charge in [0.25, 0.3) is 0 Å². The molecular formula is C25H30N2O2. The lowest BCUT2D eigenvalue weighted by Crippen LogP contribution is -2.42. The van der Waals surface area contributed by atoms with Crippen molar-refractivity contribution in [3.05, 3.63) is 70.3 Å². The third kappa shape index (κ3) is 3.81. The molecule has 4 rings (SSSR count). The van der Waals surface area contributed by atoms with Gasteiger partial charge in [-0.3, -0.25) is 9.59 Å². The van der Waals surface area contributed by atoms with Crippen molar-refractivity contribution in [2.75, 3.05) is 13.1 Å². The SMILES string of the molecule is CC(=O)N1CCc2ccccc2C1CC(=O)N1CCCC1c1ccc(C)c(C)c1. The van der Waals surface area contributed by atoms with Crippen molar-refractivity contribution in [1.82, 2.24) is 9.80 Å². The minimum Gasteiger partial charge on any atom is -0.336 e. The first-order valence-corrected chi connectivity index (χ1v) is 10.7. The molecule has 2 atom stereocenters. The van der Waals surface area contributed by atoms with Crippen LogP contribution in [0.3, 0.4) is 0 Å². The van der Waals surface area contributed by atoms with Gasteiger partial charge < -0.3 is 9.80 Å². The quantitative estimate of drug-likeness (QED) is 0.774. The zero-order valence-electron chi connectivity index (χ0n) is 17.6. The summed E-state index contributed by atoms with van der Waals surface area (Å²) in [7, 11) is 0. The molecule has 2 aromatic carbocycles. The Morgan fingerprint density at radius 1 is 1.00 bits per heavy atom. The highest BCUT2D eigenvalue weighted by Crippen LogP contribution is 2.37. The summed E-state index contributed by atoms with van der Waals surface area (Å²) < 4.78 is 0. The zero-order valence-corrected chi connectivity index (χ0v) is 17.6. The number of hydrogen-bond acceptors (Lipinski definition) is 2. The number of aryl methyl sites for hydroxylation is 2. The van der Waals surface area contributed by atoms with E-state index in [1.165, 1.54) is 22.3 Å². The molecule has 1 fully saturated rings. The fourth-order valence-electron chi connectivity index (χ4n) is 4.91. The number of nitrogens with zero attached hydrogens (tertiary/aromatic N) is 2. The van der Waals surface area contributed by atoms with Gasteiger partial charge in [0, 0.05) is 20.0 Å². The summed E-state index contributed by atoms with van der Waals surface area (Å²) in [6, 6.07) is 14.8. The van der Waals surface area contributed by atoms with Crippen molar-refractivity contribution in [3.63, 3.8) is 0 Å². The van der Waals surface area contributed by atoms with E-state index >= 15 is 0 Å². The van der Waals surface area contributed by atoms with Crippen LogP contribution < -0.4 is 0 Å². The molecule has 0 bridgehead atoms. The molecule has 2 amide bonds. The second kappa shape index (κ2) is 8.02. The molecule has 2 aliphatic rings. The first-order chi connectivity index (χ1) is 14.0. The molecule has 29 heavy (non-hydrogen) atoms. The third-order valence-electron chi connectivity index (χ3n) is 6.67. The van der Waals surface area contributed by atoms with E-state index in [2.05, 4.69) is 44.2 Å². The molecule has 4 nitrogen and oxygen atoms in total. The van der Waals surface area contributed by atoms with Gasteiger partial charge in [0.15, 0.2) is 0 Å². The van der Waals surface area contributed by atoms with Crippen LogP contribution in [0.5, 0.6) is 0 Å². The molecule has 0 spiro atoms. The zero-order chi connectivity index (χ0) is 20.5. The summed E-state index contributed by atoms with van der Waals surface area (Å²) >= 11 is 0.